The second-order valence-electron chi connectivity index (χ2n) is 5.35. The molecule has 0 aromatic heterocycles. The zero-order valence-electron chi connectivity index (χ0n) is 12.0. The fourth-order valence-corrected chi connectivity index (χ4v) is 2.69. The molecule has 1 aliphatic rings. The number of alkyl halides is 3. The van der Waals surface area contributed by atoms with E-state index >= 15 is 0 Å². The number of methoxy groups -OCH3 is 1. The van der Waals surface area contributed by atoms with Gasteiger partial charge in [0.15, 0.2) is 0 Å². The van der Waals surface area contributed by atoms with Crippen molar-refractivity contribution in [3.05, 3.63) is 33.9 Å². The van der Waals surface area contributed by atoms with Gasteiger partial charge in [0, 0.05) is 19.2 Å². The number of rotatable bonds is 4. The number of benzene rings is 1. The first kappa shape index (κ1) is 16.5. The highest BCUT2D eigenvalue weighted by molar-refractivity contribution is 5.63. The van der Waals surface area contributed by atoms with Gasteiger partial charge in [0.25, 0.3) is 5.69 Å². The summed E-state index contributed by atoms with van der Waals surface area (Å²) >= 11 is 0. The third kappa shape index (κ3) is 3.88. The van der Waals surface area contributed by atoms with Crippen LogP contribution in [-0.2, 0) is 10.9 Å². The Bertz CT molecular complexity index is 549. The molecule has 1 aromatic carbocycles. The van der Waals surface area contributed by atoms with Crippen LogP contribution in [0.1, 0.15) is 31.2 Å². The van der Waals surface area contributed by atoms with E-state index in [1.165, 1.54) is 0 Å². The summed E-state index contributed by atoms with van der Waals surface area (Å²) in [6.45, 7) is 0. The molecule has 0 spiro atoms. The van der Waals surface area contributed by atoms with Crippen LogP contribution in [0.2, 0.25) is 0 Å². The first-order valence-electron chi connectivity index (χ1n) is 6.96. The third-order valence-electron chi connectivity index (χ3n) is 3.84. The molecule has 5 nitrogen and oxygen atoms in total. The normalized spacial score (nSPS) is 22.4. The highest BCUT2D eigenvalue weighted by atomic mass is 19.4. The van der Waals surface area contributed by atoms with Gasteiger partial charge in [-0.2, -0.15) is 13.2 Å². The zero-order chi connectivity index (χ0) is 16.3. The van der Waals surface area contributed by atoms with E-state index in [-0.39, 0.29) is 17.8 Å². The number of ether oxygens (including phenoxy) is 1. The van der Waals surface area contributed by atoms with Crippen molar-refractivity contribution < 1.29 is 22.8 Å². The fraction of sp³-hybridized carbons (Fsp3) is 0.571. The van der Waals surface area contributed by atoms with E-state index in [0.717, 1.165) is 31.4 Å². The van der Waals surface area contributed by atoms with Gasteiger partial charge >= 0.3 is 6.18 Å². The molecular formula is C14H17F3N2O3. The molecule has 1 aliphatic carbocycles. The molecule has 0 saturated heterocycles. The van der Waals surface area contributed by atoms with Crippen LogP contribution in [0.4, 0.5) is 24.5 Å². The lowest BCUT2D eigenvalue weighted by molar-refractivity contribution is -0.384. The molecule has 0 aliphatic heterocycles. The molecule has 0 amide bonds. The van der Waals surface area contributed by atoms with Crippen molar-refractivity contribution in [3.63, 3.8) is 0 Å². The van der Waals surface area contributed by atoms with E-state index in [0.29, 0.717) is 12.5 Å². The lowest BCUT2D eigenvalue weighted by Gasteiger charge is -2.29. The molecule has 22 heavy (non-hydrogen) atoms. The molecular weight excluding hydrogens is 301 g/mol. The van der Waals surface area contributed by atoms with Crippen LogP contribution in [0.15, 0.2) is 18.2 Å². The molecule has 1 fully saturated rings. The molecule has 1 saturated carbocycles. The van der Waals surface area contributed by atoms with E-state index in [9.17, 15) is 23.3 Å². The maximum absolute atomic E-state index is 12.7. The molecule has 0 heterocycles. The fourth-order valence-electron chi connectivity index (χ4n) is 2.69. The number of nitro groups is 1. The topological polar surface area (TPSA) is 64.4 Å². The molecule has 2 rings (SSSR count). The molecule has 1 N–H and O–H groups in total. The van der Waals surface area contributed by atoms with E-state index in [4.69, 9.17) is 4.74 Å². The van der Waals surface area contributed by atoms with Crippen molar-refractivity contribution in [2.75, 3.05) is 12.4 Å². The summed E-state index contributed by atoms with van der Waals surface area (Å²) in [4.78, 5) is 10.2. The number of hydrogen-bond acceptors (Lipinski definition) is 4. The van der Waals surface area contributed by atoms with Gasteiger partial charge < -0.3 is 10.1 Å². The number of nitrogens with zero attached hydrogens (tertiary/aromatic N) is 1. The SMILES string of the molecule is COC1CCCC(Nc2ccc(C(F)(F)F)cc2[N+](=O)[O-])C1. The minimum atomic E-state index is -4.60. The van der Waals surface area contributed by atoms with Crippen LogP contribution in [0.5, 0.6) is 0 Å². The van der Waals surface area contributed by atoms with E-state index < -0.39 is 22.4 Å². The van der Waals surface area contributed by atoms with Crippen molar-refractivity contribution in [3.8, 4) is 0 Å². The van der Waals surface area contributed by atoms with Crippen molar-refractivity contribution in [1.82, 2.24) is 0 Å². The zero-order valence-corrected chi connectivity index (χ0v) is 12.0. The summed E-state index contributed by atoms with van der Waals surface area (Å²) in [6, 6.07) is 2.50. The van der Waals surface area contributed by atoms with Gasteiger partial charge in [-0.15, -0.1) is 0 Å². The minimum absolute atomic E-state index is 0.0471. The van der Waals surface area contributed by atoms with Gasteiger partial charge in [0.1, 0.15) is 5.69 Å². The maximum Gasteiger partial charge on any atom is 0.416 e. The second kappa shape index (κ2) is 6.51. The Labute approximate surface area is 125 Å². The van der Waals surface area contributed by atoms with E-state index in [1.54, 1.807) is 7.11 Å². The predicted octanol–water partition coefficient (Wildman–Crippen LogP) is 3.98. The maximum atomic E-state index is 12.7. The molecule has 122 valence electrons. The Morgan fingerprint density at radius 1 is 1.36 bits per heavy atom. The number of anilines is 1. The van der Waals surface area contributed by atoms with Crippen LogP contribution < -0.4 is 5.32 Å². The first-order valence-corrected chi connectivity index (χ1v) is 6.96. The van der Waals surface area contributed by atoms with E-state index in [2.05, 4.69) is 5.32 Å². The molecule has 2 atom stereocenters. The largest absolute Gasteiger partial charge is 0.416 e. The van der Waals surface area contributed by atoms with Crippen LogP contribution in [0.25, 0.3) is 0 Å². The van der Waals surface area contributed by atoms with Crippen molar-refractivity contribution in [1.29, 1.82) is 0 Å². The third-order valence-corrected chi connectivity index (χ3v) is 3.84. The van der Waals surface area contributed by atoms with Crippen molar-refractivity contribution >= 4 is 11.4 Å². The Kier molecular flexibility index (Phi) is 4.90. The van der Waals surface area contributed by atoms with Crippen molar-refractivity contribution in [2.24, 2.45) is 0 Å². The number of nitro benzene ring substituents is 1. The Balaban J connectivity index is 2.21. The van der Waals surface area contributed by atoms with Gasteiger partial charge in [-0.1, -0.05) is 0 Å². The molecule has 0 radical (unpaired) electrons. The van der Waals surface area contributed by atoms with Gasteiger partial charge in [-0.3, -0.25) is 10.1 Å². The second-order valence-corrected chi connectivity index (χ2v) is 5.35. The Hall–Kier alpha value is -1.83. The van der Waals surface area contributed by atoms with Gasteiger partial charge in [-0.25, -0.2) is 0 Å². The van der Waals surface area contributed by atoms with Crippen LogP contribution >= 0.6 is 0 Å². The Morgan fingerprint density at radius 2 is 2.09 bits per heavy atom. The van der Waals surface area contributed by atoms with Gasteiger partial charge in [-0.05, 0) is 37.8 Å². The highest BCUT2D eigenvalue weighted by Crippen LogP contribution is 2.36. The standard InChI is InChI=1S/C14H17F3N2O3/c1-22-11-4-2-3-10(8-11)18-12-6-5-9(14(15,16)17)7-13(12)19(20)21/h5-7,10-11,18H,2-4,8H2,1H3. The van der Waals surface area contributed by atoms with Crippen LogP contribution in [-0.4, -0.2) is 24.2 Å². The number of halogens is 3. The average molecular weight is 318 g/mol. The monoisotopic (exact) mass is 318 g/mol. The minimum Gasteiger partial charge on any atom is -0.381 e. The summed E-state index contributed by atoms with van der Waals surface area (Å²) in [5.41, 5.74) is -1.47. The highest BCUT2D eigenvalue weighted by Gasteiger charge is 2.33. The molecule has 1 aromatic rings. The van der Waals surface area contributed by atoms with Crippen LogP contribution in [0.3, 0.4) is 0 Å². The average Bonchev–Trinajstić information content (AvgIpc) is 2.46. The summed E-state index contributed by atoms with van der Waals surface area (Å²) in [7, 11) is 1.60. The van der Waals surface area contributed by atoms with Crippen LogP contribution in [0, 0.1) is 10.1 Å². The molecule has 0 bridgehead atoms. The van der Waals surface area contributed by atoms with Gasteiger partial charge in [0.2, 0.25) is 0 Å². The smallest absolute Gasteiger partial charge is 0.381 e. The summed E-state index contributed by atoms with van der Waals surface area (Å²) in [5.74, 6) is 0. The number of nitrogens with one attached hydrogen (secondary N) is 1. The Morgan fingerprint density at radius 3 is 2.68 bits per heavy atom. The van der Waals surface area contributed by atoms with Gasteiger partial charge in [0.05, 0.1) is 16.6 Å². The number of hydrogen-bond donors (Lipinski definition) is 1. The lowest BCUT2D eigenvalue weighted by atomic mass is 9.92. The van der Waals surface area contributed by atoms with E-state index in [1.807, 2.05) is 0 Å². The lowest BCUT2D eigenvalue weighted by Crippen LogP contribution is -2.31. The summed E-state index contributed by atoms with van der Waals surface area (Å²) in [6.07, 6.45) is -1.23. The molecule has 8 heteroatoms. The summed E-state index contributed by atoms with van der Waals surface area (Å²) in [5, 5.41) is 14.0. The van der Waals surface area contributed by atoms with Crippen molar-refractivity contribution in [2.45, 2.75) is 44.0 Å². The molecule has 2 unspecified atom stereocenters. The summed E-state index contributed by atoms with van der Waals surface area (Å²) < 4.78 is 43.3. The quantitative estimate of drug-likeness (QED) is 0.673. The predicted molar refractivity (Wildman–Crippen MR) is 74.8 cm³/mol. The first-order chi connectivity index (χ1) is 10.3.